The normalized spacial score (nSPS) is 23.8. The van der Waals surface area contributed by atoms with Crippen LogP contribution >= 0.6 is 0 Å². The molecule has 14 heteroatoms. The molecule has 2 saturated heterocycles. The summed E-state index contributed by atoms with van der Waals surface area (Å²) in [5, 5.41) is 87.4. The Morgan fingerprint density at radius 2 is 0.795 bits per heavy atom. The molecule has 0 aromatic heterocycles. The molecule has 88 heavy (non-hydrogen) atoms. The van der Waals surface area contributed by atoms with E-state index in [1.54, 1.807) is 6.08 Å². The molecule has 12 unspecified atom stereocenters. The van der Waals surface area contributed by atoms with Crippen LogP contribution in [0.1, 0.15) is 258 Å². The second kappa shape index (κ2) is 57.5. The molecule has 0 aliphatic carbocycles. The van der Waals surface area contributed by atoms with E-state index in [1.807, 2.05) is 6.08 Å². The molecule has 0 spiro atoms. The van der Waals surface area contributed by atoms with E-state index >= 15 is 0 Å². The molecule has 14 nitrogen and oxygen atoms in total. The number of aliphatic hydroxyl groups excluding tert-OH is 8. The quantitative estimate of drug-likeness (QED) is 0.0204. The number of aliphatic hydroxyl groups is 8. The largest absolute Gasteiger partial charge is 0.394 e. The van der Waals surface area contributed by atoms with Gasteiger partial charge in [0.25, 0.3) is 0 Å². The van der Waals surface area contributed by atoms with Crippen LogP contribution in [-0.4, -0.2) is 140 Å². The summed E-state index contributed by atoms with van der Waals surface area (Å²) in [5.41, 5.74) is 0. The lowest BCUT2D eigenvalue weighted by Gasteiger charge is -2.46. The highest BCUT2D eigenvalue weighted by Crippen LogP contribution is 2.30. The molecular weight excluding hydrogens is 1110 g/mol. The zero-order valence-electron chi connectivity index (χ0n) is 54.9. The van der Waals surface area contributed by atoms with Crippen LogP contribution in [0.4, 0.5) is 0 Å². The molecule has 12 atom stereocenters. The number of carbonyl (C=O) groups excluding carboxylic acids is 1. The first kappa shape index (κ1) is 80.7. The minimum Gasteiger partial charge on any atom is -0.394 e. The van der Waals surface area contributed by atoms with Crippen LogP contribution in [0.2, 0.25) is 0 Å². The summed E-state index contributed by atoms with van der Waals surface area (Å²) in [6.45, 7) is 2.67. The highest BCUT2D eigenvalue weighted by Gasteiger charge is 2.51. The third kappa shape index (κ3) is 41.2. The van der Waals surface area contributed by atoms with Crippen molar-refractivity contribution in [3.8, 4) is 0 Å². The van der Waals surface area contributed by atoms with Crippen LogP contribution in [0.3, 0.4) is 0 Å². The average Bonchev–Trinajstić information content (AvgIpc) is 2.07. The van der Waals surface area contributed by atoms with E-state index in [2.05, 4.69) is 116 Å². The van der Waals surface area contributed by atoms with E-state index in [-0.39, 0.29) is 18.9 Å². The van der Waals surface area contributed by atoms with Gasteiger partial charge in [-0.2, -0.15) is 0 Å². The summed E-state index contributed by atoms with van der Waals surface area (Å²) in [6.07, 6.45) is 65.6. The van der Waals surface area contributed by atoms with Gasteiger partial charge in [0.05, 0.1) is 32.0 Å². The minimum absolute atomic E-state index is 0.258. The first-order valence-electron chi connectivity index (χ1n) is 35.1. The molecule has 2 aliphatic heterocycles. The number of unbranched alkanes of at least 4 members (excludes halogenated alkanes) is 27. The fraction of sp³-hybridized carbons (Fsp3) is 0.743. The number of amides is 1. The van der Waals surface area contributed by atoms with Gasteiger partial charge >= 0.3 is 0 Å². The zero-order chi connectivity index (χ0) is 63.8. The molecule has 9 N–H and O–H groups in total. The van der Waals surface area contributed by atoms with Gasteiger partial charge in [0.2, 0.25) is 5.91 Å². The third-order valence-corrected chi connectivity index (χ3v) is 16.4. The Morgan fingerprint density at radius 3 is 1.25 bits per heavy atom. The lowest BCUT2D eigenvalue weighted by Crippen LogP contribution is -2.65. The van der Waals surface area contributed by atoms with Crippen molar-refractivity contribution in [1.29, 1.82) is 0 Å². The van der Waals surface area contributed by atoms with Crippen LogP contribution in [-0.2, 0) is 23.7 Å². The Bertz CT molecular complexity index is 1890. The Balaban J connectivity index is 1.72. The lowest BCUT2D eigenvalue weighted by molar-refractivity contribution is -0.359. The molecule has 2 heterocycles. The molecule has 0 aromatic rings. The Labute approximate surface area is 534 Å². The summed E-state index contributed by atoms with van der Waals surface area (Å²) in [7, 11) is 0. The Hall–Kier alpha value is -3.35. The van der Waals surface area contributed by atoms with Crippen molar-refractivity contribution in [2.75, 3.05) is 19.8 Å². The first-order chi connectivity index (χ1) is 43.1. The monoisotopic (exact) mass is 1240 g/mol. The van der Waals surface area contributed by atoms with Gasteiger partial charge < -0.3 is 65.1 Å². The van der Waals surface area contributed by atoms with E-state index in [1.165, 1.54) is 135 Å². The number of carbonyl (C=O) groups is 1. The third-order valence-electron chi connectivity index (χ3n) is 16.4. The van der Waals surface area contributed by atoms with Crippen molar-refractivity contribution >= 4 is 5.91 Å². The fourth-order valence-electron chi connectivity index (χ4n) is 10.9. The highest BCUT2D eigenvalue weighted by molar-refractivity contribution is 5.76. The van der Waals surface area contributed by atoms with Gasteiger partial charge in [-0.25, -0.2) is 0 Å². The number of hydrogen-bond acceptors (Lipinski definition) is 13. The number of rotatable bonds is 56. The molecule has 0 saturated carbocycles. The maximum atomic E-state index is 13.3. The Kier molecular flexibility index (Phi) is 52.8. The van der Waals surface area contributed by atoms with Gasteiger partial charge in [-0.1, -0.05) is 264 Å². The predicted octanol–water partition coefficient (Wildman–Crippen LogP) is 14.3. The maximum absolute atomic E-state index is 13.3. The first-order valence-corrected chi connectivity index (χ1v) is 35.1. The number of ether oxygens (including phenoxy) is 4. The van der Waals surface area contributed by atoms with E-state index < -0.39 is 86.8 Å². The predicted molar refractivity (Wildman–Crippen MR) is 359 cm³/mol. The lowest BCUT2D eigenvalue weighted by atomic mass is 9.97. The standard InChI is InChI=1S/C74H127NO13/c1-3-5-7-9-11-13-15-17-19-21-23-25-27-29-30-31-32-34-36-38-40-42-44-46-48-50-52-54-56-58-66(79)75-62(61-85-73-71(84)69(82)72(65(60-77)87-73)88-74-70(83)68(81)67(80)64(59-76)86-74)63(78)57-55-53-51-49-47-45-43-41-39-37-35-33-28-26-24-22-20-18-16-14-12-10-8-6-4-2/h5,7,11,13,17,19,23,25,29-30,32,34,39,41,47,49,55,57,62-65,67-74,76-78,80-84H,3-4,6,8-10,12,14-16,18,20-22,24,26-28,31,33,35-38,40,42-46,48,50-54,56,58-61H2,1-2H3,(H,75,79)/b7-5-,13-11-,19-17-,25-23-,30-29-,34-32-,41-39+,49-47+,57-55+. The van der Waals surface area contributed by atoms with E-state index in [4.69, 9.17) is 18.9 Å². The Morgan fingerprint density at radius 1 is 0.420 bits per heavy atom. The van der Waals surface area contributed by atoms with E-state index in [0.717, 1.165) is 89.9 Å². The molecule has 506 valence electrons. The van der Waals surface area contributed by atoms with Crippen LogP contribution in [0.25, 0.3) is 0 Å². The van der Waals surface area contributed by atoms with Crippen molar-refractivity contribution < 1.29 is 64.6 Å². The molecule has 2 fully saturated rings. The second-order valence-corrected chi connectivity index (χ2v) is 24.3. The van der Waals surface area contributed by atoms with Crippen LogP contribution < -0.4 is 5.32 Å². The van der Waals surface area contributed by atoms with Gasteiger partial charge in [-0.05, 0) is 96.3 Å². The molecule has 2 aliphatic rings. The van der Waals surface area contributed by atoms with Crippen LogP contribution in [0, 0.1) is 0 Å². The molecule has 0 aromatic carbocycles. The van der Waals surface area contributed by atoms with Crippen molar-refractivity contribution in [3.63, 3.8) is 0 Å². The molecular formula is C74H127NO13. The molecule has 1 amide bonds. The minimum atomic E-state index is -1.80. The van der Waals surface area contributed by atoms with Crippen LogP contribution in [0.5, 0.6) is 0 Å². The topological polar surface area (TPSA) is 228 Å². The van der Waals surface area contributed by atoms with Crippen molar-refractivity contribution in [2.24, 2.45) is 0 Å². The van der Waals surface area contributed by atoms with Gasteiger partial charge in [-0.15, -0.1) is 0 Å². The number of nitrogens with one attached hydrogen (secondary N) is 1. The fourth-order valence-corrected chi connectivity index (χ4v) is 10.9. The van der Waals surface area contributed by atoms with Gasteiger partial charge in [0, 0.05) is 6.42 Å². The number of hydrogen-bond donors (Lipinski definition) is 9. The van der Waals surface area contributed by atoms with Crippen molar-refractivity contribution in [3.05, 3.63) is 109 Å². The van der Waals surface area contributed by atoms with E-state index in [0.29, 0.717) is 12.8 Å². The van der Waals surface area contributed by atoms with Gasteiger partial charge in [-0.3, -0.25) is 4.79 Å². The van der Waals surface area contributed by atoms with Crippen LogP contribution in [0.15, 0.2) is 109 Å². The average molecular weight is 1240 g/mol. The van der Waals surface area contributed by atoms with Gasteiger partial charge in [0.15, 0.2) is 12.6 Å². The summed E-state index contributed by atoms with van der Waals surface area (Å²) in [4.78, 5) is 13.3. The zero-order valence-corrected chi connectivity index (χ0v) is 54.9. The summed E-state index contributed by atoms with van der Waals surface area (Å²) in [5.74, 6) is -0.261. The van der Waals surface area contributed by atoms with Gasteiger partial charge in [0.1, 0.15) is 48.8 Å². The molecule has 0 radical (unpaired) electrons. The molecule has 2 rings (SSSR count). The van der Waals surface area contributed by atoms with E-state index in [9.17, 15) is 45.6 Å². The summed E-state index contributed by atoms with van der Waals surface area (Å²) >= 11 is 0. The summed E-state index contributed by atoms with van der Waals surface area (Å²) in [6, 6.07) is -0.949. The second-order valence-electron chi connectivity index (χ2n) is 24.3. The summed E-state index contributed by atoms with van der Waals surface area (Å²) < 4.78 is 22.8. The van der Waals surface area contributed by atoms with Crippen molar-refractivity contribution in [2.45, 2.75) is 331 Å². The number of allylic oxidation sites excluding steroid dienone is 17. The smallest absolute Gasteiger partial charge is 0.220 e. The molecule has 0 bridgehead atoms. The SMILES string of the molecule is CC/C=C\C/C=C\C/C=C\C/C=C\C/C=C\C/C=C\CCCCCCCCCCCCC(=O)NC(COC1OC(CO)C(OC2OC(CO)C(O)C(O)C2O)C(O)C1O)C(O)/C=C/CC/C=C/CC/C=C/CCCCCCCCCCCCCCCCC. The van der Waals surface area contributed by atoms with Crippen molar-refractivity contribution in [1.82, 2.24) is 5.32 Å². The highest BCUT2D eigenvalue weighted by atomic mass is 16.7. The maximum Gasteiger partial charge on any atom is 0.220 e.